The molecule has 0 aliphatic heterocycles. The number of carboxylic acids is 1. The van der Waals surface area contributed by atoms with Crippen molar-refractivity contribution in [1.29, 1.82) is 0 Å². The van der Waals surface area contributed by atoms with E-state index in [9.17, 15) is 27.0 Å². The van der Waals surface area contributed by atoms with Crippen molar-refractivity contribution < 1.29 is 32.1 Å². The molecule has 20 heavy (non-hydrogen) atoms. The molecular formula is C11H10F3NO4S. The molecule has 1 amide bonds. The number of carboxylic acid groups (broad SMARTS) is 1. The second-order valence-electron chi connectivity index (χ2n) is 3.75. The maximum atomic E-state index is 12.3. The minimum Gasteiger partial charge on any atom is -0.481 e. The van der Waals surface area contributed by atoms with E-state index in [0.717, 1.165) is 24.3 Å². The minimum atomic E-state index is -4.47. The highest BCUT2D eigenvalue weighted by molar-refractivity contribution is 7.86. The van der Waals surface area contributed by atoms with Crippen LogP contribution in [0.3, 0.4) is 0 Å². The fraction of sp³-hybridized carbons (Fsp3) is 0.273. The van der Waals surface area contributed by atoms with Crippen LogP contribution in [0.2, 0.25) is 0 Å². The largest absolute Gasteiger partial charge is 0.481 e. The number of aliphatic carboxylic acids is 1. The molecule has 0 bridgehead atoms. The number of carbonyl (C=O) groups is 2. The highest BCUT2D eigenvalue weighted by Gasteiger charge is 2.29. The first kappa shape index (κ1) is 16.2. The lowest BCUT2D eigenvalue weighted by Gasteiger charge is -2.08. The lowest BCUT2D eigenvalue weighted by atomic mass is 10.2. The minimum absolute atomic E-state index is 0.107. The van der Waals surface area contributed by atoms with Gasteiger partial charge in [0.15, 0.2) is 0 Å². The molecule has 0 aromatic heterocycles. The van der Waals surface area contributed by atoms with E-state index in [1.165, 1.54) is 0 Å². The van der Waals surface area contributed by atoms with Gasteiger partial charge in [0.05, 0.1) is 5.56 Å². The molecule has 0 saturated carbocycles. The van der Waals surface area contributed by atoms with Crippen LogP contribution in [-0.2, 0) is 26.6 Å². The molecule has 0 aliphatic carbocycles. The molecule has 0 fully saturated rings. The molecule has 5 nitrogen and oxygen atoms in total. The van der Waals surface area contributed by atoms with Gasteiger partial charge in [-0.15, -0.1) is 0 Å². The van der Waals surface area contributed by atoms with Gasteiger partial charge >= 0.3 is 12.1 Å². The predicted molar refractivity (Wildman–Crippen MR) is 65.6 cm³/mol. The molecule has 0 aliphatic rings. The SMILES string of the molecule is O=C(O)C[S@](=O)CC(=O)Nc1ccc(C(F)(F)F)cc1. The predicted octanol–water partition coefficient (Wildman–Crippen LogP) is 1.48. The zero-order valence-electron chi connectivity index (χ0n) is 9.94. The monoisotopic (exact) mass is 309 g/mol. The molecule has 0 heterocycles. The Kier molecular flexibility index (Phi) is 5.26. The van der Waals surface area contributed by atoms with Gasteiger partial charge < -0.3 is 10.4 Å². The fourth-order valence-electron chi connectivity index (χ4n) is 1.27. The van der Waals surface area contributed by atoms with Crippen LogP contribution in [0.4, 0.5) is 18.9 Å². The third-order valence-corrected chi connectivity index (χ3v) is 3.23. The van der Waals surface area contributed by atoms with Gasteiger partial charge in [-0.25, -0.2) is 0 Å². The number of amides is 1. The van der Waals surface area contributed by atoms with E-state index in [1.54, 1.807) is 0 Å². The van der Waals surface area contributed by atoms with Crippen LogP contribution >= 0.6 is 0 Å². The number of halogens is 3. The first-order valence-corrected chi connectivity index (χ1v) is 6.71. The summed E-state index contributed by atoms with van der Waals surface area (Å²) in [5.74, 6) is -3.23. The van der Waals surface area contributed by atoms with Crippen LogP contribution < -0.4 is 5.32 Å². The van der Waals surface area contributed by atoms with Crippen molar-refractivity contribution in [2.45, 2.75) is 6.18 Å². The summed E-state index contributed by atoms with van der Waals surface area (Å²) in [5, 5.41) is 10.6. The molecule has 0 unspecified atom stereocenters. The number of hydrogen-bond donors (Lipinski definition) is 2. The summed E-state index contributed by atoms with van der Waals surface area (Å²) in [7, 11) is -1.86. The summed E-state index contributed by atoms with van der Waals surface area (Å²) < 4.78 is 48.0. The standard InChI is InChI=1S/C11H10F3NO4S/c12-11(13,14)7-1-3-8(4-2-7)15-9(16)5-20(19)6-10(17)18/h1-4H,5-6H2,(H,15,16)(H,17,18)/t20-/m1/s1. The third kappa shape index (κ3) is 5.39. The third-order valence-electron chi connectivity index (χ3n) is 2.07. The molecule has 0 spiro atoms. The summed E-state index contributed by atoms with van der Waals surface area (Å²) in [6, 6.07) is 3.70. The number of alkyl halides is 3. The number of benzene rings is 1. The molecule has 1 aromatic rings. The fourth-order valence-corrected chi connectivity index (χ4v) is 2.02. The summed E-state index contributed by atoms with van der Waals surface area (Å²) in [5.41, 5.74) is -0.750. The first-order valence-electron chi connectivity index (χ1n) is 5.22. The maximum Gasteiger partial charge on any atom is 0.416 e. The van der Waals surface area contributed by atoms with Gasteiger partial charge in [-0.3, -0.25) is 13.8 Å². The summed E-state index contributed by atoms with van der Waals surface area (Å²) >= 11 is 0. The smallest absolute Gasteiger partial charge is 0.416 e. The van der Waals surface area contributed by atoms with E-state index in [-0.39, 0.29) is 5.69 Å². The molecular weight excluding hydrogens is 299 g/mol. The molecule has 1 aromatic carbocycles. The van der Waals surface area contributed by atoms with Crippen LogP contribution in [0.5, 0.6) is 0 Å². The van der Waals surface area contributed by atoms with Crippen molar-refractivity contribution in [2.75, 3.05) is 16.8 Å². The second kappa shape index (κ2) is 6.51. The van der Waals surface area contributed by atoms with Crippen molar-refractivity contribution in [3.8, 4) is 0 Å². The molecule has 2 N–H and O–H groups in total. The van der Waals surface area contributed by atoms with Gasteiger partial charge in [-0.2, -0.15) is 13.2 Å². The number of nitrogens with one attached hydrogen (secondary N) is 1. The number of carbonyl (C=O) groups excluding carboxylic acids is 1. The number of hydrogen-bond acceptors (Lipinski definition) is 3. The molecule has 0 saturated heterocycles. The Morgan fingerprint density at radius 3 is 2.15 bits per heavy atom. The second-order valence-corrected chi connectivity index (χ2v) is 5.20. The lowest BCUT2D eigenvalue weighted by molar-refractivity contribution is -0.137. The van der Waals surface area contributed by atoms with Crippen molar-refractivity contribution >= 4 is 28.4 Å². The highest BCUT2D eigenvalue weighted by atomic mass is 32.2. The van der Waals surface area contributed by atoms with Crippen LogP contribution in [0.15, 0.2) is 24.3 Å². The first-order chi connectivity index (χ1) is 9.18. The van der Waals surface area contributed by atoms with Crippen molar-refractivity contribution in [3.05, 3.63) is 29.8 Å². The number of anilines is 1. The van der Waals surface area contributed by atoms with Crippen LogP contribution in [-0.4, -0.2) is 32.7 Å². The van der Waals surface area contributed by atoms with Gasteiger partial charge in [0.1, 0.15) is 11.5 Å². The van der Waals surface area contributed by atoms with Crippen LogP contribution in [0.1, 0.15) is 5.56 Å². The Morgan fingerprint density at radius 2 is 1.70 bits per heavy atom. The molecule has 0 radical (unpaired) electrons. The number of rotatable bonds is 5. The Balaban J connectivity index is 2.59. The van der Waals surface area contributed by atoms with E-state index < -0.39 is 45.9 Å². The molecule has 1 atom stereocenters. The van der Waals surface area contributed by atoms with E-state index >= 15 is 0 Å². The van der Waals surface area contributed by atoms with E-state index in [0.29, 0.717) is 0 Å². The van der Waals surface area contributed by atoms with E-state index in [2.05, 4.69) is 5.32 Å². The van der Waals surface area contributed by atoms with Crippen molar-refractivity contribution in [1.82, 2.24) is 0 Å². The van der Waals surface area contributed by atoms with Gasteiger partial charge in [0, 0.05) is 16.5 Å². The Morgan fingerprint density at radius 1 is 1.15 bits per heavy atom. The summed E-state index contributed by atoms with van der Waals surface area (Å²) in [6.45, 7) is 0. The summed E-state index contributed by atoms with van der Waals surface area (Å²) in [4.78, 5) is 21.6. The van der Waals surface area contributed by atoms with E-state index in [1.807, 2.05) is 0 Å². The molecule has 1 rings (SSSR count). The Labute approximate surface area is 114 Å². The zero-order chi connectivity index (χ0) is 15.3. The molecule has 9 heteroatoms. The maximum absolute atomic E-state index is 12.3. The highest BCUT2D eigenvalue weighted by Crippen LogP contribution is 2.29. The average Bonchev–Trinajstić information content (AvgIpc) is 2.26. The normalized spacial score (nSPS) is 12.8. The topological polar surface area (TPSA) is 83.5 Å². The lowest BCUT2D eigenvalue weighted by Crippen LogP contribution is -2.23. The van der Waals surface area contributed by atoms with Gasteiger partial charge in [0.2, 0.25) is 5.91 Å². The zero-order valence-corrected chi connectivity index (χ0v) is 10.8. The Bertz CT molecular complexity index is 527. The van der Waals surface area contributed by atoms with Crippen molar-refractivity contribution in [3.63, 3.8) is 0 Å². The van der Waals surface area contributed by atoms with Gasteiger partial charge in [0.25, 0.3) is 0 Å². The molecule has 110 valence electrons. The van der Waals surface area contributed by atoms with Crippen molar-refractivity contribution in [2.24, 2.45) is 0 Å². The van der Waals surface area contributed by atoms with Gasteiger partial charge in [-0.1, -0.05) is 0 Å². The Hall–Kier alpha value is -1.90. The summed E-state index contributed by atoms with van der Waals surface area (Å²) in [6.07, 6.45) is -4.47. The van der Waals surface area contributed by atoms with Gasteiger partial charge in [-0.05, 0) is 24.3 Å². The quantitative estimate of drug-likeness (QED) is 0.863. The average molecular weight is 309 g/mol. The van der Waals surface area contributed by atoms with E-state index in [4.69, 9.17) is 5.11 Å². The van der Waals surface area contributed by atoms with Crippen LogP contribution in [0.25, 0.3) is 0 Å². The van der Waals surface area contributed by atoms with Crippen LogP contribution in [0, 0.1) is 0 Å².